The van der Waals surface area contributed by atoms with Crippen molar-refractivity contribution >= 4 is 34.3 Å². The van der Waals surface area contributed by atoms with Crippen LogP contribution in [0.3, 0.4) is 0 Å². The van der Waals surface area contributed by atoms with Gasteiger partial charge in [-0.1, -0.05) is 29.4 Å². The molecular weight excluding hydrogens is 444 g/mol. The summed E-state index contributed by atoms with van der Waals surface area (Å²) in [6.45, 7) is 1.55. The number of nitrogens with zero attached hydrogens (tertiary/aromatic N) is 4. The lowest BCUT2D eigenvalue weighted by Gasteiger charge is -2.15. The molecule has 1 aliphatic heterocycles. The molecule has 1 unspecified atom stereocenters. The van der Waals surface area contributed by atoms with Crippen LogP contribution in [-0.4, -0.2) is 39.6 Å². The van der Waals surface area contributed by atoms with Gasteiger partial charge in [0.05, 0.1) is 25.3 Å². The van der Waals surface area contributed by atoms with Crippen molar-refractivity contribution in [3.8, 4) is 17.1 Å². The molecule has 1 fully saturated rings. The molecular formula is C24H23ClN4O2S. The van der Waals surface area contributed by atoms with E-state index in [2.05, 4.69) is 19.7 Å². The summed E-state index contributed by atoms with van der Waals surface area (Å²) < 4.78 is 13.4. The first-order chi connectivity index (χ1) is 15.7. The van der Waals surface area contributed by atoms with Gasteiger partial charge in [-0.25, -0.2) is 0 Å². The molecule has 1 atom stereocenters. The van der Waals surface area contributed by atoms with Gasteiger partial charge in [0, 0.05) is 34.5 Å². The van der Waals surface area contributed by atoms with Crippen molar-refractivity contribution in [3.63, 3.8) is 0 Å². The van der Waals surface area contributed by atoms with Gasteiger partial charge >= 0.3 is 0 Å². The van der Waals surface area contributed by atoms with E-state index in [1.165, 1.54) is 0 Å². The molecule has 6 nitrogen and oxygen atoms in total. The van der Waals surface area contributed by atoms with Crippen LogP contribution in [0, 0.1) is 0 Å². The van der Waals surface area contributed by atoms with Crippen LogP contribution in [0.15, 0.2) is 59.9 Å². The number of hydrogen-bond donors (Lipinski definition) is 0. The van der Waals surface area contributed by atoms with E-state index < -0.39 is 0 Å². The molecule has 2 aromatic heterocycles. The van der Waals surface area contributed by atoms with Gasteiger partial charge < -0.3 is 9.47 Å². The molecule has 5 rings (SSSR count). The van der Waals surface area contributed by atoms with Crippen LogP contribution in [-0.2, 0) is 17.0 Å². The van der Waals surface area contributed by atoms with Crippen LogP contribution in [0.25, 0.3) is 22.3 Å². The predicted octanol–water partition coefficient (Wildman–Crippen LogP) is 5.63. The van der Waals surface area contributed by atoms with Gasteiger partial charge in [0.1, 0.15) is 5.75 Å². The summed E-state index contributed by atoms with van der Waals surface area (Å²) in [5, 5.41) is 11.6. The Morgan fingerprint density at radius 1 is 1.16 bits per heavy atom. The summed E-state index contributed by atoms with van der Waals surface area (Å²) in [7, 11) is 1.67. The molecule has 0 spiro atoms. The van der Waals surface area contributed by atoms with Crippen molar-refractivity contribution in [2.45, 2.75) is 36.4 Å². The molecule has 0 amide bonds. The third-order valence-electron chi connectivity index (χ3n) is 5.63. The zero-order valence-corrected chi connectivity index (χ0v) is 19.3. The van der Waals surface area contributed by atoms with Crippen LogP contribution in [0.1, 0.15) is 18.4 Å². The second-order valence-electron chi connectivity index (χ2n) is 7.68. The van der Waals surface area contributed by atoms with E-state index in [9.17, 15) is 0 Å². The zero-order valence-electron chi connectivity index (χ0n) is 17.7. The van der Waals surface area contributed by atoms with E-state index in [4.69, 9.17) is 21.1 Å². The zero-order chi connectivity index (χ0) is 21.9. The molecule has 164 valence electrons. The van der Waals surface area contributed by atoms with E-state index >= 15 is 0 Å². The maximum atomic E-state index is 6.36. The van der Waals surface area contributed by atoms with Crippen molar-refractivity contribution in [1.82, 2.24) is 19.7 Å². The molecule has 1 saturated heterocycles. The third-order valence-corrected chi connectivity index (χ3v) is 6.98. The average Bonchev–Trinajstić information content (AvgIpc) is 3.49. The number of aromatic nitrogens is 4. The Bertz CT molecular complexity index is 1220. The van der Waals surface area contributed by atoms with Crippen molar-refractivity contribution < 1.29 is 9.47 Å². The van der Waals surface area contributed by atoms with Crippen molar-refractivity contribution in [2.75, 3.05) is 13.7 Å². The number of ether oxygens (including phenoxy) is 2. The molecule has 0 N–H and O–H groups in total. The van der Waals surface area contributed by atoms with Crippen LogP contribution < -0.4 is 4.74 Å². The predicted molar refractivity (Wildman–Crippen MR) is 127 cm³/mol. The first kappa shape index (κ1) is 21.2. The fraction of sp³-hybridized carbons (Fsp3) is 0.292. The minimum atomic E-state index is 0.181. The Labute approximate surface area is 195 Å². The molecule has 0 aliphatic carbocycles. The number of thioether (sulfide) groups is 1. The van der Waals surface area contributed by atoms with Crippen LogP contribution in [0.4, 0.5) is 0 Å². The number of pyridine rings is 1. The van der Waals surface area contributed by atoms with E-state index in [0.29, 0.717) is 5.02 Å². The molecule has 2 aromatic carbocycles. The van der Waals surface area contributed by atoms with E-state index in [1.807, 2.05) is 48.5 Å². The van der Waals surface area contributed by atoms with Gasteiger partial charge in [0.2, 0.25) is 0 Å². The number of fused-ring (bicyclic) bond motifs is 1. The normalized spacial score (nSPS) is 16.0. The lowest BCUT2D eigenvalue weighted by molar-refractivity contribution is 0.0953. The Morgan fingerprint density at radius 2 is 2.03 bits per heavy atom. The number of hydrogen-bond acceptors (Lipinski definition) is 6. The third kappa shape index (κ3) is 4.33. The van der Waals surface area contributed by atoms with Crippen LogP contribution in [0.2, 0.25) is 5.02 Å². The van der Waals surface area contributed by atoms with Crippen LogP contribution >= 0.6 is 23.4 Å². The van der Waals surface area contributed by atoms with E-state index in [1.54, 1.807) is 25.1 Å². The maximum Gasteiger partial charge on any atom is 0.191 e. The second-order valence-corrected chi connectivity index (χ2v) is 9.02. The lowest BCUT2D eigenvalue weighted by atomic mass is 10.1. The van der Waals surface area contributed by atoms with E-state index in [0.717, 1.165) is 70.5 Å². The van der Waals surface area contributed by atoms with Crippen molar-refractivity contribution in [2.24, 2.45) is 0 Å². The Balaban J connectivity index is 1.45. The Kier molecular flexibility index (Phi) is 6.30. The molecule has 0 saturated carbocycles. The molecule has 3 heterocycles. The maximum absolute atomic E-state index is 6.36. The van der Waals surface area contributed by atoms with Gasteiger partial charge in [-0.15, -0.1) is 10.2 Å². The van der Waals surface area contributed by atoms with Gasteiger partial charge in [-0.2, -0.15) is 0 Å². The van der Waals surface area contributed by atoms with Gasteiger partial charge in [-0.05, 0) is 60.9 Å². The molecule has 32 heavy (non-hydrogen) atoms. The molecule has 0 radical (unpaired) electrons. The number of benzene rings is 2. The number of rotatable bonds is 7. The van der Waals surface area contributed by atoms with Crippen LogP contribution in [0.5, 0.6) is 5.75 Å². The van der Waals surface area contributed by atoms with Crippen molar-refractivity contribution in [3.05, 3.63) is 65.3 Å². The molecule has 1 aliphatic rings. The highest BCUT2D eigenvalue weighted by Gasteiger charge is 2.22. The fourth-order valence-corrected chi connectivity index (χ4v) is 5.11. The standard InChI is InChI=1S/C24H23ClN4O2S/c1-30-18-9-6-16(7-10-18)23-27-28-24(29(23)14-19-4-3-13-31-19)32-15-17-8-11-21(25)20-5-2-12-26-22(17)20/h2,5-12,19H,3-4,13-15H2,1H3. The molecule has 8 heteroatoms. The highest BCUT2D eigenvalue weighted by atomic mass is 35.5. The monoisotopic (exact) mass is 466 g/mol. The smallest absolute Gasteiger partial charge is 0.191 e. The Morgan fingerprint density at radius 3 is 2.81 bits per heavy atom. The number of methoxy groups -OCH3 is 1. The summed E-state index contributed by atoms with van der Waals surface area (Å²) >= 11 is 8.02. The summed E-state index contributed by atoms with van der Waals surface area (Å²) in [5.74, 6) is 2.37. The number of halogens is 1. The minimum Gasteiger partial charge on any atom is -0.497 e. The first-order valence-electron chi connectivity index (χ1n) is 10.6. The summed E-state index contributed by atoms with van der Waals surface area (Å²) in [5.41, 5.74) is 3.04. The van der Waals surface area contributed by atoms with Gasteiger partial charge in [0.15, 0.2) is 11.0 Å². The average molecular weight is 467 g/mol. The summed E-state index contributed by atoms with van der Waals surface area (Å²) in [4.78, 5) is 4.56. The lowest BCUT2D eigenvalue weighted by Crippen LogP contribution is -2.16. The highest BCUT2D eigenvalue weighted by molar-refractivity contribution is 7.98. The molecule has 0 bridgehead atoms. The SMILES string of the molecule is COc1ccc(-c2nnc(SCc3ccc(Cl)c4cccnc34)n2CC2CCCO2)cc1. The van der Waals surface area contributed by atoms with Crippen molar-refractivity contribution in [1.29, 1.82) is 0 Å². The first-order valence-corrected chi connectivity index (χ1v) is 11.9. The van der Waals surface area contributed by atoms with Gasteiger partial charge in [-0.3, -0.25) is 9.55 Å². The topological polar surface area (TPSA) is 62.1 Å². The largest absolute Gasteiger partial charge is 0.497 e. The highest BCUT2D eigenvalue weighted by Crippen LogP contribution is 2.32. The summed E-state index contributed by atoms with van der Waals surface area (Å²) in [6, 6.07) is 15.8. The minimum absolute atomic E-state index is 0.181. The fourth-order valence-electron chi connectivity index (χ4n) is 3.96. The quantitative estimate of drug-likeness (QED) is 0.329. The van der Waals surface area contributed by atoms with Gasteiger partial charge in [0.25, 0.3) is 0 Å². The second kappa shape index (κ2) is 9.48. The molecule has 4 aromatic rings. The van der Waals surface area contributed by atoms with E-state index in [-0.39, 0.29) is 6.10 Å². The summed E-state index contributed by atoms with van der Waals surface area (Å²) in [6.07, 6.45) is 4.13. The Hall–Kier alpha value is -2.61.